The van der Waals surface area contributed by atoms with Crippen LogP contribution in [0.3, 0.4) is 0 Å². The Bertz CT molecular complexity index is 189. The van der Waals surface area contributed by atoms with E-state index in [0.717, 1.165) is 11.3 Å². The number of hydrogen-bond donors (Lipinski definition) is 1. The molecule has 0 unspecified atom stereocenters. The van der Waals surface area contributed by atoms with Crippen molar-refractivity contribution in [2.24, 2.45) is 0 Å². The quantitative estimate of drug-likeness (QED) is 0.692. The molecule has 0 saturated carbocycles. The van der Waals surface area contributed by atoms with Gasteiger partial charge in [-0.05, 0) is 6.92 Å². The number of thioether (sulfide) groups is 1. The van der Waals surface area contributed by atoms with Crippen molar-refractivity contribution in [2.45, 2.75) is 32.4 Å². The predicted octanol–water partition coefficient (Wildman–Crippen LogP) is 2.55. The Morgan fingerprint density at radius 2 is 2.00 bits per heavy atom. The van der Waals surface area contributed by atoms with Gasteiger partial charge in [0.1, 0.15) is 0 Å². The first kappa shape index (κ1) is 11.6. The molecule has 0 aliphatic rings. The summed E-state index contributed by atoms with van der Waals surface area (Å²) >= 11 is 1.75. The van der Waals surface area contributed by atoms with Crippen molar-refractivity contribution in [2.75, 3.05) is 5.75 Å². The first-order chi connectivity index (χ1) is 5.31. The zero-order valence-electron chi connectivity index (χ0n) is 8.05. The van der Waals surface area contributed by atoms with Crippen LogP contribution in [0.15, 0.2) is 11.6 Å². The molecule has 0 atom stereocenters. The SMILES string of the molecule is CC(=CC(=O)O)CSC(C)(C)C. The van der Waals surface area contributed by atoms with E-state index in [2.05, 4.69) is 20.8 Å². The van der Waals surface area contributed by atoms with Crippen LogP contribution in [0.1, 0.15) is 27.7 Å². The Morgan fingerprint density at radius 1 is 1.50 bits per heavy atom. The smallest absolute Gasteiger partial charge is 0.328 e. The summed E-state index contributed by atoms with van der Waals surface area (Å²) in [5.41, 5.74) is 0.905. The molecule has 3 heteroatoms. The second-order valence-electron chi connectivity index (χ2n) is 3.73. The second-order valence-corrected chi connectivity index (χ2v) is 5.53. The molecule has 0 spiro atoms. The minimum atomic E-state index is -0.859. The summed E-state index contributed by atoms with van der Waals surface area (Å²) in [4.78, 5) is 10.2. The minimum absolute atomic E-state index is 0.202. The van der Waals surface area contributed by atoms with Gasteiger partial charge >= 0.3 is 5.97 Å². The van der Waals surface area contributed by atoms with Gasteiger partial charge in [0, 0.05) is 16.6 Å². The van der Waals surface area contributed by atoms with Crippen LogP contribution in [0.5, 0.6) is 0 Å². The van der Waals surface area contributed by atoms with Crippen molar-refractivity contribution < 1.29 is 9.90 Å². The highest BCUT2D eigenvalue weighted by molar-refractivity contribution is 8.00. The Labute approximate surface area is 78.0 Å². The highest BCUT2D eigenvalue weighted by atomic mass is 32.2. The summed E-state index contributed by atoms with van der Waals surface area (Å²) in [7, 11) is 0. The molecule has 0 aliphatic carbocycles. The van der Waals surface area contributed by atoms with Crippen molar-refractivity contribution in [1.82, 2.24) is 0 Å². The summed E-state index contributed by atoms with van der Waals surface area (Å²) < 4.78 is 0.202. The Morgan fingerprint density at radius 3 is 2.33 bits per heavy atom. The van der Waals surface area contributed by atoms with Gasteiger partial charge in [-0.2, -0.15) is 11.8 Å². The summed E-state index contributed by atoms with van der Waals surface area (Å²) in [5, 5.41) is 8.43. The van der Waals surface area contributed by atoms with Gasteiger partial charge in [-0.15, -0.1) is 0 Å². The summed E-state index contributed by atoms with van der Waals surface area (Å²) in [6.45, 7) is 8.19. The summed E-state index contributed by atoms with van der Waals surface area (Å²) in [5.74, 6) is -0.0718. The highest BCUT2D eigenvalue weighted by Crippen LogP contribution is 2.24. The Hall–Kier alpha value is -0.440. The zero-order chi connectivity index (χ0) is 9.78. The fraction of sp³-hybridized carbons (Fsp3) is 0.667. The standard InChI is InChI=1S/C9H16O2S/c1-7(5-8(10)11)6-12-9(2,3)4/h5H,6H2,1-4H3,(H,10,11). The van der Waals surface area contributed by atoms with Crippen LogP contribution in [-0.4, -0.2) is 21.6 Å². The van der Waals surface area contributed by atoms with Gasteiger partial charge in [-0.3, -0.25) is 0 Å². The van der Waals surface area contributed by atoms with Crippen molar-refractivity contribution in [3.63, 3.8) is 0 Å². The average molecular weight is 188 g/mol. The lowest BCUT2D eigenvalue weighted by Gasteiger charge is -2.17. The lowest BCUT2D eigenvalue weighted by molar-refractivity contribution is -0.131. The number of carboxylic acids is 1. The van der Waals surface area contributed by atoms with Crippen LogP contribution < -0.4 is 0 Å². The van der Waals surface area contributed by atoms with Crippen molar-refractivity contribution in [3.8, 4) is 0 Å². The Balaban J connectivity index is 3.87. The first-order valence-electron chi connectivity index (χ1n) is 3.85. The molecule has 0 aromatic heterocycles. The van der Waals surface area contributed by atoms with Crippen LogP contribution in [0.4, 0.5) is 0 Å². The van der Waals surface area contributed by atoms with E-state index in [0.29, 0.717) is 0 Å². The molecule has 2 nitrogen and oxygen atoms in total. The molecular weight excluding hydrogens is 172 g/mol. The Kier molecular flexibility index (Phi) is 4.39. The molecule has 0 aromatic carbocycles. The van der Waals surface area contributed by atoms with Gasteiger partial charge in [-0.1, -0.05) is 26.3 Å². The van der Waals surface area contributed by atoms with E-state index in [4.69, 9.17) is 5.11 Å². The molecule has 0 aromatic rings. The van der Waals surface area contributed by atoms with E-state index in [-0.39, 0.29) is 4.75 Å². The second kappa shape index (κ2) is 4.55. The average Bonchev–Trinajstić information content (AvgIpc) is 1.80. The maximum Gasteiger partial charge on any atom is 0.328 e. The van der Waals surface area contributed by atoms with Crippen LogP contribution in [-0.2, 0) is 4.79 Å². The third kappa shape index (κ3) is 7.66. The first-order valence-corrected chi connectivity index (χ1v) is 4.84. The summed E-state index contributed by atoms with van der Waals surface area (Å²) in [6, 6.07) is 0. The molecule has 0 bridgehead atoms. The van der Waals surface area contributed by atoms with Gasteiger partial charge in [0.25, 0.3) is 0 Å². The third-order valence-corrected chi connectivity index (χ3v) is 2.57. The molecular formula is C9H16O2S. The molecule has 0 aliphatic heterocycles. The van der Waals surface area contributed by atoms with Gasteiger partial charge in [-0.25, -0.2) is 4.79 Å². The van der Waals surface area contributed by atoms with Crippen LogP contribution in [0.25, 0.3) is 0 Å². The molecule has 0 fully saturated rings. The largest absolute Gasteiger partial charge is 0.478 e. The molecule has 0 radical (unpaired) electrons. The number of hydrogen-bond acceptors (Lipinski definition) is 2. The van der Waals surface area contributed by atoms with E-state index >= 15 is 0 Å². The lowest BCUT2D eigenvalue weighted by atomic mass is 10.3. The highest BCUT2D eigenvalue weighted by Gasteiger charge is 2.10. The number of carbonyl (C=O) groups is 1. The minimum Gasteiger partial charge on any atom is -0.478 e. The van der Waals surface area contributed by atoms with Gasteiger partial charge in [0.15, 0.2) is 0 Å². The molecule has 0 saturated heterocycles. The third-order valence-electron chi connectivity index (χ3n) is 1.10. The maximum absolute atomic E-state index is 10.2. The van der Waals surface area contributed by atoms with Crippen molar-refractivity contribution in [1.29, 1.82) is 0 Å². The fourth-order valence-electron chi connectivity index (χ4n) is 0.583. The zero-order valence-corrected chi connectivity index (χ0v) is 8.86. The fourth-order valence-corrected chi connectivity index (χ4v) is 1.33. The molecule has 0 amide bonds. The van der Waals surface area contributed by atoms with Gasteiger partial charge < -0.3 is 5.11 Å². The molecule has 1 N–H and O–H groups in total. The lowest BCUT2D eigenvalue weighted by Crippen LogP contribution is -2.08. The van der Waals surface area contributed by atoms with Crippen molar-refractivity contribution >= 4 is 17.7 Å². The predicted molar refractivity (Wildman–Crippen MR) is 53.6 cm³/mol. The number of carboxylic acid groups (broad SMARTS) is 1. The normalized spacial score (nSPS) is 13.2. The maximum atomic E-state index is 10.2. The van der Waals surface area contributed by atoms with Gasteiger partial charge in [0.05, 0.1) is 0 Å². The van der Waals surface area contributed by atoms with Gasteiger partial charge in [0.2, 0.25) is 0 Å². The molecule has 0 heterocycles. The van der Waals surface area contributed by atoms with E-state index in [9.17, 15) is 4.79 Å². The van der Waals surface area contributed by atoms with Crippen LogP contribution in [0, 0.1) is 0 Å². The van der Waals surface area contributed by atoms with E-state index in [1.54, 1.807) is 11.8 Å². The van der Waals surface area contributed by atoms with Crippen LogP contribution in [0.2, 0.25) is 0 Å². The monoisotopic (exact) mass is 188 g/mol. The topological polar surface area (TPSA) is 37.3 Å². The number of aliphatic carboxylic acids is 1. The number of rotatable bonds is 3. The molecule has 12 heavy (non-hydrogen) atoms. The van der Waals surface area contributed by atoms with E-state index in [1.165, 1.54) is 6.08 Å². The van der Waals surface area contributed by atoms with E-state index in [1.807, 2.05) is 6.92 Å². The molecule has 70 valence electrons. The molecule has 0 rings (SSSR count). The summed E-state index contributed by atoms with van der Waals surface area (Å²) in [6.07, 6.45) is 1.26. The van der Waals surface area contributed by atoms with E-state index < -0.39 is 5.97 Å². The van der Waals surface area contributed by atoms with Crippen LogP contribution >= 0.6 is 11.8 Å². The van der Waals surface area contributed by atoms with Crippen molar-refractivity contribution in [3.05, 3.63) is 11.6 Å².